The summed E-state index contributed by atoms with van der Waals surface area (Å²) in [6, 6.07) is 28.8. The summed E-state index contributed by atoms with van der Waals surface area (Å²) in [6.07, 6.45) is 7.24. The van der Waals surface area contributed by atoms with Crippen molar-refractivity contribution in [3.05, 3.63) is 154 Å². The molecule has 17 nitrogen and oxygen atoms in total. The zero-order valence-electron chi connectivity index (χ0n) is 49.2. The molecule has 4 aromatic carbocycles. The van der Waals surface area contributed by atoms with Crippen molar-refractivity contribution in [3.63, 3.8) is 0 Å². The molecule has 21 heteroatoms. The van der Waals surface area contributed by atoms with E-state index in [4.69, 9.17) is 18.8 Å². The summed E-state index contributed by atoms with van der Waals surface area (Å²) in [7, 11) is 1.38. The fourth-order valence-electron chi connectivity index (χ4n) is 8.88. The van der Waals surface area contributed by atoms with Gasteiger partial charge in [0, 0.05) is 0 Å². The topological polar surface area (TPSA) is 217 Å². The Labute approximate surface area is 479 Å². The third-order valence-corrected chi connectivity index (χ3v) is 24.5. The minimum Gasteiger partial charge on any atom is -0.288 e. The quantitative estimate of drug-likeness (QED) is 0.0442. The van der Waals surface area contributed by atoms with Crippen LogP contribution in [0.5, 0.6) is 0 Å². The van der Waals surface area contributed by atoms with Crippen molar-refractivity contribution in [1.82, 2.24) is 29.3 Å². The van der Waals surface area contributed by atoms with E-state index in [0.717, 1.165) is 45.3 Å². The average Bonchev–Trinajstić information content (AvgIpc) is 4.15. The molecule has 4 heterocycles. The molecule has 0 saturated heterocycles. The SMILES string of the molecule is CC(O[Si](C)(C)C(C)(C)C)c1nc(-c2ccc(CC(CN3C(=O)c4ccccc4C3=O)N=CB=O)cc2)cn1C.CC(O[Si](C)(C)C(C)(C)C)c1nc(-c2ccc(CC(CO)N=CB=O)cc2)cn1C.O=C1NC(=O)c2ccccc21. The Bertz CT molecular complexity index is 3220. The van der Waals surface area contributed by atoms with Crippen LogP contribution in [0.25, 0.3) is 22.5 Å². The van der Waals surface area contributed by atoms with Crippen LogP contribution in [-0.4, -0.2) is 121 Å². The number of aliphatic imine (C=N–C) groups is 2. The molecule has 8 rings (SSSR count). The molecule has 4 unspecified atom stereocenters. The van der Waals surface area contributed by atoms with Crippen LogP contribution in [0.2, 0.25) is 36.3 Å². The van der Waals surface area contributed by atoms with Crippen molar-refractivity contribution in [2.24, 2.45) is 24.1 Å². The van der Waals surface area contributed by atoms with Crippen molar-refractivity contribution >= 4 is 66.8 Å². The van der Waals surface area contributed by atoms with Crippen LogP contribution in [0.3, 0.4) is 0 Å². The molecule has 2 N–H and O–H groups in total. The van der Waals surface area contributed by atoms with E-state index in [1.54, 1.807) is 48.5 Å². The molecule has 0 bridgehead atoms. The van der Waals surface area contributed by atoms with Gasteiger partial charge in [0.2, 0.25) is 0 Å². The summed E-state index contributed by atoms with van der Waals surface area (Å²) >= 11 is 0. The fourth-order valence-corrected chi connectivity index (χ4v) is 11.6. The van der Waals surface area contributed by atoms with Gasteiger partial charge in [-0.2, -0.15) is 0 Å². The van der Waals surface area contributed by atoms with Crippen LogP contribution in [-0.2, 0) is 45.2 Å². The monoisotopic (exact) mass is 1130 g/mol. The van der Waals surface area contributed by atoms with E-state index in [9.17, 15) is 33.7 Å². The number of imidazole rings is 2. The molecular weight excluding hydrogens is 1050 g/mol. The van der Waals surface area contributed by atoms with Gasteiger partial charge in [-0.1, -0.05) is 53.7 Å². The van der Waals surface area contributed by atoms with Gasteiger partial charge in [0.05, 0.1) is 11.1 Å². The Morgan fingerprint density at radius 1 is 0.593 bits per heavy atom. The predicted molar refractivity (Wildman–Crippen MR) is 323 cm³/mol. The van der Waals surface area contributed by atoms with Gasteiger partial charge in [-0.05, 0) is 62.2 Å². The molecule has 4 amide bonds. The fraction of sp³-hybridized carbons (Fsp3) is 0.400. The molecule has 2 aromatic heterocycles. The molecule has 4 atom stereocenters. The minimum atomic E-state index is -1.95. The Morgan fingerprint density at radius 3 is 1.31 bits per heavy atom. The summed E-state index contributed by atoms with van der Waals surface area (Å²) in [5, 5.41) is 11.9. The van der Waals surface area contributed by atoms with E-state index in [1.807, 2.05) is 84.2 Å². The second kappa shape index (κ2) is 26.7. The average molecular weight is 1130 g/mol. The third kappa shape index (κ3) is 15.7. The second-order valence-electron chi connectivity index (χ2n) is 23.5. The first-order valence-corrected chi connectivity index (χ1v) is 33.0. The molecule has 0 spiro atoms. The Morgan fingerprint density at radius 2 is 0.951 bits per heavy atom. The zero-order chi connectivity index (χ0) is 59.6. The van der Waals surface area contributed by atoms with Gasteiger partial charge in [0.1, 0.15) is 0 Å². The maximum absolute atomic E-state index is 12.8. The summed E-state index contributed by atoms with van der Waals surface area (Å²) in [5.74, 6) is 0.534. The van der Waals surface area contributed by atoms with Gasteiger partial charge >= 0.3 is 302 Å². The standard InChI is InChI=1S/C30H37BN4O4Si.C22H34BN3O3Si.C8H5NO2/c1-20(39-40(6,7)30(2,3)4)27-33-26(18-34(27)5)22-14-12-21(13-15-22)16-23(32-19-31-38)17-35-28(36)24-10-8-9-11-25(24)29(35)37;1-16(29-30(6,7)22(2,3)4)21-25-20(13-26(21)5)18-10-8-17(9-11-18)12-19(14-27)24-15-23-28;10-7-5-3-1-2-4-6(5)8(11)9-7/h8-15,18-20,23H,16-17H2,1-7H3;8-11,13,15-16,19,27H,12,14H2,1-7H3;1-4H,(H,9,10,11). The molecule has 0 saturated carbocycles. The van der Waals surface area contributed by atoms with Crippen LogP contribution < -0.4 is 5.32 Å². The van der Waals surface area contributed by atoms with E-state index in [2.05, 4.69) is 96.9 Å². The van der Waals surface area contributed by atoms with Gasteiger partial charge in [-0.15, -0.1) is 0 Å². The maximum atomic E-state index is 12.8. The molecule has 0 fully saturated rings. The molecule has 2 aliphatic heterocycles. The summed E-state index contributed by atoms with van der Waals surface area (Å²) < 4.78 is 38.6. The van der Waals surface area contributed by atoms with Crippen LogP contribution >= 0.6 is 0 Å². The first-order chi connectivity index (χ1) is 38.1. The van der Waals surface area contributed by atoms with E-state index in [0.29, 0.717) is 49.4 Å². The summed E-state index contributed by atoms with van der Waals surface area (Å²) in [5.41, 5.74) is 7.51. The van der Waals surface area contributed by atoms with Crippen LogP contribution in [0.15, 0.2) is 119 Å². The number of aliphatic hydroxyl groups excluding tert-OH is 1. The summed E-state index contributed by atoms with van der Waals surface area (Å²) in [4.78, 5) is 66.9. The smallest absolute Gasteiger partial charge is 0.288 e. The summed E-state index contributed by atoms with van der Waals surface area (Å²) in [6.45, 7) is 26.5. The minimum absolute atomic E-state index is 0.0788. The second-order valence-corrected chi connectivity index (χ2v) is 33.0. The van der Waals surface area contributed by atoms with Gasteiger partial charge in [0.25, 0.3) is 11.8 Å². The molecule has 6 aromatic rings. The van der Waals surface area contributed by atoms with Gasteiger partial charge in [-0.25, -0.2) is 0 Å². The van der Waals surface area contributed by atoms with Gasteiger partial charge < -0.3 is 8.85 Å². The Kier molecular flexibility index (Phi) is 20.8. The predicted octanol–water partition coefficient (Wildman–Crippen LogP) is 10.2. The number of rotatable bonds is 19. The number of aryl methyl sites for hydroxylation is 2. The zero-order valence-corrected chi connectivity index (χ0v) is 51.2. The van der Waals surface area contributed by atoms with E-state index < -0.39 is 22.7 Å². The number of imide groups is 2. The molecule has 81 heavy (non-hydrogen) atoms. The van der Waals surface area contributed by atoms with Gasteiger partial charge in [0.15, 0.2) is 16.6 Å². The number of hydrogen-bond donors (Lipinski definition) is 2. The van der Waals surface area contributed by atoms with Crippen molar-refractivity contribution in [1.29, 1.82) is 0 Å². The van der Waals surface area contributed by atoms with E-state index in [1.165, 1.54) is 17.1 Å². The number of nitrogens with zero attached hydrogens (tertiary/aromatic N) is 7. The first kappa shape index (κ1) is 63.2. The molecule has 2 aliphatic rings. The number of fused-ring (bicyclic) bond motifs is 2. The number of aromatic nitrogens is 4. The van der Waals surface area contributed by atoms with Crippen LogP contribution in [0.1, 0.15) is 132 Å². The van der Waals surface area contributed by atoms with Crippen molar-refractivity contribution in [2.45, 2.75) is 129 Å². The number of amides is 4. The molecule has 0 radical (unpaired) electrons. The third-order valence-electron chi connectivity index (χ3n) is 15.4. The van der Waals surface area contributed by atoms with Crippen molar-refractivity contribution < 1.29 is 42.5 Å². The Balaban J connectivity index is 0.000000225. The first-order valence-electron chi connectivity index (χ1n) is 27.1. The number of benzene rings is 4. The van der Waals surface area contributed by atoms with E-state index in [-0.39, 0.29) is 65.1 Å². The Hall–Kier alpha value is -7.04. The normalized spacial score (nSPS) is 15.0. The van der Waals surface area contributed by atoms with Crippen LogP contribution in [0, 0.1) is 0 Å². The van der Waals surface area contributed by atoms with E-state index >= 15 is 0 Å². The molecule has 424 valence electrons. The van der Waals surface area contributed by atoms with Crippen LogP contribution in [0.4, 0.5) is 0 Å². The number of aliphatic hydroxyl groups is 1. The number of hydrogen-bond acceptors (Lipinski definition) is 13. The van der Waals surface area contributed by atoms with Crippen molar-refractivity contribution in [3.8, 4) is 22.5 Å². The van der Waals surface area contributed by atoms with Gasteiger partial charge in [-0.3, -0.25) is 14.9 Å². The molecular formula is C60H76B2N8O9Si2. The number of carbonyl (C=O) groups excluding carboxylic acids is 4. The van der Waals surface area contributed by atoms with Crippen molar-refractivity contribution in [2.75, 3.05) is 13.2 Å². The number of carbonyl (C=O) groups is 4. The molecule has 0 aliphatic carbocycles. The number of nitrogens with one attached hydrogen (secondary N) is 1.